The van der Waals surface area contributed by atoms with Gasteiger partial charge in [-0.1, -0.05) is 23.9 Å². The maximum atomic E-state index is 10.0. The van der Waals surface area contributed by atoms with E-state index in [0.29, 0.717) is 10.9 Å². The molecule has 1 N–H and O–H groups in total. The monoisotopic (exact) mass is 308 g/mol. The number of benzene rings is 1. The van der Waals surface area contributed by atoms with E-state index in [1.54, 1.807) is 11.7 Å². The highest BCUT2D eigenvalue weighted by Gasteiger charge is 2.12. The fourth-order valence-electron chi connectivity index (χ4n) is 1.89. The lowest BCUT2D eigenvalue weighted by molar-refractivity contribution is 0.125. The molecule has 2 aromatic rings. The molecule has 0 aliphatic carbocycles. The Morgan fingerprint density at radius 2 is 2.00 bits per heavy atom. The third-order valence-electron chi connectivity index (χ3n) is 3.28. The molecule has 0 saturated heterocycles. The van der Waals surface area contributed by atoms with Crippen LogP contribution in [0.3, 0.4) is 0 Å². The number of aliphatic hydroxyl groups excluding tert-OH is 1. The molecule has 1 aromatic carbocycles. The number of hydrogen-bond acceptors (Lipinski definition) is 6. The third-order valence-corrected chi connectivity index (χ3v) is 4.44. The van der Waals surface area contributed by atoms with Gasteiger partial charge in [-0.15, -0.1) is 5.10 Å². The van der Waals surface area contributed by atoms with E-state index in [1.165, 1.54) is 17.3 Å². The molecule has 1 heterocycles. The molecular formula is C14H20N4O2S. The molecule has 1 aromatic heterocycles. The Labute approximate surface area is 128 Å². The lowest BCUT2D eigenvalue weighted by Gasteiger charge is -2.16. The van der Waals surface area contributed by atoms with Crippen LogP contribution in [0.5, 0.6) is 5.75 Å². The Morgan fingerprint density at radius 1 is 1.29 bits per heavy atom. The van der Waals surface area contributed by atoms with Crippen LogP contribution in [0.1, 0.15) is 16.7 Å². The highest BCUT2D eigenvalue weighted by molar-refractivity contribution is 7.99. The number of tetrazole rings is 1. The maximum Gasteiger partial charge on any atom is 0.209 e. The zero-order valence-electron chi connectivity index (χ0n) is 12.7. The summed E-state index contributed by atoms with van der Waals surface area (Å²) in [4.78, 5) is 0. The van der Waals surface area contributed by atoms with Gasteiger partial charge in [0.2, 0.25) is 5.16 Å². The molecule has 6 nitrogen and oxygen atoms in total. The van der Waals surface area contributed by atoms with Gasteiger partial charge in [-0.05, 0) is 47.9 Å². The van der Waals surface area contributed by atoms with Gasteiger partial charge in [0.05, 0.1) is 6.10 Å². The standard InChI is InChI=1S/C14H20N4O2S/c1-9-5-6-10(2)13(11(9)3)20-7-12(19)8-21-14-15-16-17-18(14)4/h5-6,12,19H,7-8H2,1-4H3. The number of aryl methyl sites for hydroxylation is 3. The zero-order valence-corrected chi connectivity index (χ0v) is 13.5. The van der Waals surface area contributed by atoms with Gasteiger partial charge in [-0.25, -0.2) is 4.68 Å². The summed E-state index contributed by atoms with van der Waals surface area (Å²) in [5, 5.41) is 21.9. The molecule has 21 heavy (non-hydrogen) atoms. The first-order chi connectivity index (χ1) is 9.99. The van der Waals surface area contributed by atoms with Gasteiger partial charge < -0.3 is 9.84 Å². The molecule has 0 radical (unpaired) electrons. The van der Waals surface area contributed by atoms with Crippen molar-refractivity contribution in [2.45, 2.75) is 32.0 Å². The van der Waals surface area contributed by atoms with Crippen LogP contribution in [-0.4, -0.2) is 43.8 Å². The van der Waals surface area contributed by atoms with Crippen molar-refractivity contribution in [2.24, 2.45) is 7.05 Å². The van der Waals surface area contributed by atoms with Gasteiger partial charge >= 0.3 is 0 Å². The molecule has 1 atom stereocenters. The highest BCUT2D eigenvalue weighted by atomic mass is 32.2. The lowest BCUT2D eigenvalue weighted by atomic mass is 10.1. The van der Waals surface area contributed by atoms with Crippen molar-refractivity contribution in [3.8, 4) is 5.75 Å². The van der Waals surface area contributed by atoms with Crippen LogP contribution in [0.4, 0.5) is 0 Å². The second-order valence-electron chi connectivity index (χ2n) is 5.01. The topological polar surface area (TPSA) is 73.1 Å². The Morgan fingerprint density at radius 3 is 2.67 bits per heavy atom. The average molecular weight is 308 g/mol. The number of aromatic nitrogens is 4. The number of ether oxygens (including phenoxy) is 1. The van der Waals surface area contributed by atoms with E-state index in [9.17, 15) is 5.11 Å². The summed E-state index contributed by atoms with van der Waals surface area (Å²) in [5.74, 6) is 1.34. The van der Waals surface area contributed by atoms with Crippen LogP contribution in [0.15, 0.2) is 17.3 Å². The quantitative estimate of drug-likeness (QED) is 0.818. The van der Waals surface area contributed by atoms with Crippen LogP contribution in [0, 0.1) is 20.8 Å². The van der Waals surface area contributed by atoms with Gasteiger partial charge in [0.1, 0.15) is 12.4 Å². The van der Waals surface area contributed by atoms with Crippen LogP contribution in [-0.2, 0) is 7.05 Å². The van der Waals surface area contributed by atoms with E-state index in [0.717, 1.165) is 16.9 Å². The van der Waals surface area contributed by atoms with Crippen molar-refractivity contribution in [1.29, 1.82) is 0 Å². The first-order valence-electron chi connectivity index (χ1n) is 6.72. The van der Waals surface area contributed by atoms with Gasteiger partial charge in [-0.3, -0.25) is 0 Å². The largest absolute Gasteiger partial charge is 0.490 e. The van der Waals surface area contributed by atoms with Crippen molar-refractivity contribution in [3.63, 3.8) is 0 Å². The van der Waals surface area contributed by atoms with Crippen molar-refractivity contribution >= 4 is 11.8 Å². The SMILES string of the molecule is Cc1ccc(C)c(OCC(O)CSc2nnnn2C)c1C. The number of hydrogen-bond donors (Lipinski definition) is 1. The minimum Gasteiger partial charge on any atom is -0.490 e. The Balaban J connectivity index is 1.88. The van der Waals surface area contributed by atoms with Crippen LogP contribution in [0.25, 0.3) is 0 Å². The van der Waals surface area contributed by atoms with E-state index in [1.807, 2.05) is 19.9 Å². The van der Waals surface area contributed by atoms with Gasteiger partial charge in [0.15, 0.2) is 0 Å². The van der Waals surface area contributed by atoms with Crippen LogP contribution < -0.4 is 4.74 Å². The Kier molecular flexibility index (Phi) is 5.19. The van der Waals surface area contributed by atoms with Crippen molar-refractivity contribution in [1.82, 2.24) is 20.2 Å². The molecule has 0 fully saturated rings. The number of thioether (sulfide) groups is 1. The molecule has 0 bridgehead atoms. The zero-order chi connectivity index (χ0) is 15.4. The first kappa shape index (κ1) is 15.8. The fraction of sp³-hybridized carbons (Fsp3) is 0.500. The van der Waals surface area contributed by atoms with E-state index >= 15 is 0 Å². The second-order valence-corrected chi connectivity index (χ2v) is 6.00. The summed E-state index contributed by atoms with van der Waals surface area (Å²) in [6.07, 6.45) is -0.578. The molecule has 0 spiro atoms. The van der Waals surface area contributed by atoms with Gasteiger partial charge in [0.25, 0.3) is 0 Å². The molecule has 0 amide bonds. The minimum absolute atomic E-state index is 0.253. The maximum absolute atomic E-state index is 10.0. The van der Waals surface area contributed by atoms with E-state index < -0.39 is 6.10 Å². The minimum atomic E-state index is -0.578. The first-order valence-corrected chi connectivity index (χ1v) is 7.70. The predicted molar refractivity (Wildman–Crippen MR) is 81.7 cm³/mol. The molecule has 0 aliphatic rings. The summed E-state index contributed by atoms with van der Waals surface area (Å²) >= 11 is 1.41. The van der Waals surface area contributed by atoms with Gasteiger partial charge in [0, 0.05) is 12.8 Å². The molecule has 114 valence electrons. The average Bonchev–Trinajstić information content (AvgIpc) is 2.86. The summed E-state index contributed by atoms with van der Waals surface area (Å²) in [5.41, 5.74) is 3.38. The van der Waals surface area contributed by atoms with Crippen LogP contribution in [0.2, 0.25) is 0 Å². The van der Waals surface area contributed by atoms with E-state index in [-0.39, 0.29) is 6.61 Å². The highest BCUT2D eigenvalue weighted by Crippen LogP contribution is 2.26. The summed E-state index contributed by atoms with van der Waals surface area (Å²) in [6.45, 7) is 6.34. The summed E-state index contributed by atoms with van der Waals surface area (Å²) < 4.78 is 7.37. The molecule has 2 rings (SSSR count). The molecule has 1 unspecified atom stereocenters. The van der Waals surface area contributed by atoms with Crippen molar-refractivity contribution in [3.05, 3.63) is 28.8 Å². The summed E-state index contributed by atoms with van der Waals surface area (Å²) in [7, 11) is 1.77. The molecule has 0 aliphatic heterocycles. The predicted octanol–water partition coefficient (Wildman–Crippen LogP) is 1.67. The normalized spacial score (nSPS) is 12.4. The van der Waals surface area contributed by atoms with Crippen molar-refractivity contribution in [2.75, 3.05) is 12.4 Å². The Hall–Kier alpha value is -1.60. The fourth-order valence-corrected chi connectivity index (χ4v) is 2.64. The second kappa shape index (κ2) is 6.91. The van der Waals surface area contributed by atoms with E-state index in [4.69, 9.17) is 4.74 Å². The lowest BCUT2D eigenvalue weighted by Crippen LogP contribution is -2.21. The summed E-state index contributed by atoms with van der Waals surface area (Å²) in [6, 6.07) is 4.11. The number of rotatable bonds is 6. The molecule has 7 heteroatoms. The molecular weight excluding hydrogens is 288 g/mol. The smallest absolute Gasteiger partial charge is 0.209 e. The Bertz CT molecular complexity index is 615. The third kappa shape index (κ3) is 3.95. The van der Waals surface area contributed by atoms with Crippen LogP contribution >= 0.6 is 11.8 Å². The van der Waals surface area contributed by atoms with E-state index in [2.05, 4.69) is 28.5 Å². The number of nitrogens with zero attached hydrogens (tertiary/aromatic N) is 4. The molecule has 0 saturated carbocycles. The number of aliphatic hydroxyl groups is 1. The van der Waals surface area contributed by atoms with Crippen molar-refractivity contribution < 1.29 is 9.84 Å². The van der Waals surface area contributed by atoms with Gasteiger partial charge in [-0.2, -0.15) is 0 Å².